The molecule has 0 aromatic heterocycles. The van der Waals surface area contributed by atoms with Gasteiger partial charge in [-0.15, -0.1) is 0 Å². The van der Waals surface area contributed by atoms with Crippen molar-refractivity contribution in [2.45, 2.75) is 38.3 Å². The van der Waals surface area contributed by atoms with E-state index in [1.165, 1.54) is 0 Å². The highest BCUT2D eigenvalue weighted by Gasteiger charge is 2.47. The summed E-state index contributed by atoms with van der Waals surface area (Å²) < 4.78 is 11.9. The summed E-state index contributed by atoms with van der Waals surface area (Å²) in [5, 5.41) is 4.50. The Kier molecular flexibility index (Phi) is 5.16. The van der Waals surface area contributed by atoms with E-state index in [4.69, 9.17) is 14.5 Å². The first-order valence-corrected chi connectivity index (χ1v) is 11.3. The molecule has 0 saturated heterocycles. The maximum atomic E-state index is 13.6. The number of ether oxygens (including phenoxy) is 2. The highest BCUT2D eigenvalue weighted by Crippen LogP contribution is 2.36. The van der Waals surface area contributed by atoms with Gasteiger partial charge in [-0.3, -0.25) is 0 Å². The third-order valence-electron chi connectivity index (χ3n) is 5.91. The lowest BCUT2D eigenvalue weighted by Gasteiger charge is -2.28. The van der Waals surface area contributed by atoms with Gasteiger partial charge in [0.05, 0.1) is 0 Å². The van der Waals surface area contributed by atoms with Crippen molar-refractivity contribution in [2.75, 3.05) is 6.61 Å². The van der Waals surface area contributed by atoms with E-state index in [2.05, 4.69) is 30.3 Å². The lowest BCUT2D eigenvalue weighted by Crippen LogP contribution is -2.45. The molecule has 0 fully saturated rings. The molecule has 1 aliphatic heterocycles. The predicted octanol–water partition coefficient (Wildman–Crippen LogP) is 6.09. The van der Waals surface area contributed by atoms with Crippen molar-refractivity contribution in [1.29, 1.82) is 0 Å². The summed E-state index contributed by atoms with van der Waals surface area (Å²) >= 11 is 0. The average molecular weight is 438 g/mol. The van der Waals surface area contributed by atoms with E-state index in [1.807, 2.05) is 75.4 Å². The van der Waals surface area contributed by atoms with Crippen LogP contribution in [0.2, 0.25) is 0 Å². The summed E-state index contributed by atoms with van der Waals surface area (Å²) in [4.78, 5) is 18.5. The molecule has 1 aliphatic rings. The Morgan fingerprint density at radius 3 is 2.09 bits per heavy atom. The van der Waals surface area contributed by atoms with Crippen molar-refractivity contribution in [1.82, 2.24) is 0 Å². The van der Waals surface area contributed by atoms with Gasteiger partial charge in [-0.2, -0.15) is 0 Å². The Bertz CT molecular complexity index is 1310. The largest absolute Gasteiger partial charge is 0.474 e. The minimum Gasteiger partial charge on any atom is -0.474 e. The lowest BCUT2D eigenvalue weighted by atomic mass is 9.86. The second-order valence-corrected chi connectivity index (χ2v) is 9.58. The van der Waals surface area contributed by atoms with E-state index < -0.39 is 11.1 Å². The second kappa shape index (κ2) is 8.04. The molecule has 0 radical (unpaired) electrons. The molecule has 1 atom stereocenters. The number of benzene rings is 4. The van der Waals surface area contributed by atoms with Gasteiger partial charge >= 0.3 is 5.97 Å². The minimum absolute atomic E-state index is 0.143. The molecule has 0 saturated carbocycles. The maximum absolute atomic E-state index is 13.6. The van der Waals surface area contributed by atoms with Crippen LogP contribution in [0, 0.1) is 0 Å². The van der Waals surface area contributed by atoms with Crippen LogP contribution in [0.5, 0.6) is 0 Å². The van der Waals surface area contributed by atoms with Gasteiger partial charge in [0.25, 0.3) is 0 Å². The molecule has 166 valence electrons. The highest BCUT2D eigenvalue weighted by molar-refractivity contribution is 6.04. The first kappa shape index (κ1) is 21.2. The van der Waals surface area contributed by atoms with Crippen LogP contribution in [0.3, 0.4) is 0 Å². The standard InChI is InChI=1S/C29H27NO3/c1-28(2,3)33-27(31)29(19-32-26(30-29)20-11-5-4-6-12-20)18-25-23-15-9-7-13-21(23)17-22-14-8-10-16-24(22)25/h4-17H,18-19H2,1-3H3. The molecule has 4 nitrogen and oxygen atoms in total. The lowest BCUT2D eigenvalue weighted by molar-refractivity contribution is -0.162. The van der Waals surface area contributed by atoms with E-state index in [0.29, 0.717) is 12.3 Å². The highest BCUT2D eigenvalue weighted by atomic mass is 16.6. The Labute approximate surface area is 193 Å². The number of fused-ring (bicyclic) bond motifs is 2. The molecular weight excluding hydrogens is 410 g/mol. The number of hydrogen-bond donors (Lipinski definition) is 0. The van der Waals surface area contributed by atoms with Crippen LogP contribution in [0.15, 0.2) is 89.9 Å². The van der Waals surface area contributed by atoms with E-state index in [1.54, 1.807) is 0 Å². The number of hydrogen-bond acceptors (Lipinski definition) is 4. The smallest absolute Gasteiger partial charge is 0.338 e. The quantitative estimate of drug-likeness (QED) is 0.287. The molecule has 0 N–H and O–H groups in total. The zero-order valence-electron chi connectivity index (χ0n) is 19.2. The van der Waals surface area contributed by atoms with Gasteiger partial charge in [0.15, 0.2) is 5.54 Å². The average Bonchev–Trinajstić information content (AvgIpc) is 3.24. The SMILES string of the molecule is CC(C)(C)OC(=O)C1(Cc2c3ccccc3cc3ccccc23)COC(c2ccccc2)=N1. The van der Waals surface area contributed by atoms with Crippen molar-refractivity contribution in [3.8, 4) is 0 Å². The zero-order valence-corrected chi connectivity index (χ0v) is 19.2. The van der Waals surface area contributed by atoms with Crippen LogP contribution in [0.4, 0.5) is 0 Å². The first-order valence-electron chi connectivity index (χ1n) is 11.3. The van der Waals surface area contributed by atoms with Crippen LogP contribution in [-0.4, -0.2) is 29.6 Å². The summed E-state index contributed by atoms with van der Waals surface area (Å²) in [6.07, 6.45) is 0.389. The molecular formula is C29H27NO3. The van der Waals surface area contributed by atoms with Crippen LogP contribution in [0.1, 0.15) is 31.9 Å². The molecule has 0 aliphatic carbocycles. The Morgan fingerprint density at radius 2 is 1.48 bits per heavy atom. The van der Waals surface area contributed by atoms with Gasteiger partial charge in [0.1, 0.15) is 12.2 Å². The van der Waals surface area contributed by atoms with Gasteiger partial charge in [0, 0.05) is 12.0 Å². The van der Waals surface area contributed by atoms with Crippen molar-refractivity contribution in [2.24, 2.45) is 4.99 Å². The molecule has 0 spiro atoms. The molecule has 4 heteroatoms. The topological polar surface area (TPSA) is 47.9 Å². The van der Waals surface area contributed by atoms with Crippen molar-refractivity contribution in [3.05, 3.63) is 96.1 Å². The minimum atomic E-state index is -1.16. The third-order valence-corrected chi connectivity index (χ3v) is 5.91. The van der Waals surface area contributed by atoms with Gasteiger partial charge in [-0.05, 0) is 66.1 Å². The van der Waals surface area contributed by atoms with E-state index in [-0.39, 0.29) is 12.6 Å². The molecule has 0 amide bonds. The normalized spacial score (nSPS) is 18.2. The summed E-state index contributed by atoms with van der Waals surface area (Å²) in [5.74, 6) is 0.115. The van der Waals surface area contributed by atoms with E-state index in [0.717, 1.165) is 32.7 Å². The van der Waals surface area contributed by atoms with E-state index >= 15 is 0 Å². The predicted molar refractivity (Wildman–Crippen MR) is 133 cm³/mol. The third kappa shape index (κ3) is 4.09. The van der Waals surface area contributed by atoms with Crippen LogP contribution in [-0.2, 0) is 20.7 Å². The van der Waals surface area contributed by atoms with Crippen molar-refractivity contribution >= 4 is 33.4 Å². The van der Waals surface area contributed by atoms with Crippen LogP contribution >= 0.6 is 0 Å². The monoisotopic (exact) mass is 437 g/mol. The fourth-order valence-electron chi connectivity index (χ4n) is 4.41. The molecule has 5 rings (SSSR count). The molecule has 4 aromatic rings. The summed E-state index contributed by atoms with van der Waals surface area (Å²) in [7, 11) is 0. The number of esters is 1. The molecule has 33 heavy (non-hydrogen) atoms. The number of nitrogens with zero attached hydrogens (tertiary/aromatic N) is 1. The summed E-state index contributed by atoms with van der Waals surface area (Å²) in [6.45, 7) is 5.78. The first-order chi connectivity index (χ1) is 15.8. The maximum Gasteiger partial charge on any atom is 0.338 e. The fourth-order valence-corrected chi connectivity index (χ4v) is 4.41. The second-order valence-electron chi connectivity index (χ2n) is 9.58. The molecule has 4 aromatic carbocycles. The Balaban J connectivity index is 1.68. The summed E-state index contributed by atoms with van der Waals surface area (Å²) in [6, 6.07) is 28.5. The van der Waals surface area contributed by atoms with Crippen molar-refractivity contribution < 1.29 is 14.3 Å². The summed E-state index contributed by atoms with van der Waals surface area (Å²) in [5.41, 5.74) is 0.142. The Hall–Kier alpha value is -3.66. The van der Waals surface area contributed by atoms with Gasteiger partial charge in [0.2, 0.25) is 5.90 Å². The zero-order chi connectivity index (χ0) is 23.1. The molecule has 1 unspecified atom stereocenters. The number of rotatable bonds is 4. The van der Waals surface area contributed by atoms with Gasteiger partial charge in [-0.1, -0.05) is 66.7 Å². The van der Waals surface area contributed by atoms with Crippen molar-refractivity contribution in [3.63, 3.8) is 0 Å². The fraction of sp³-hybridized carbons (Fsp3) is 0.241. The van der Waals surface area contributed by atoms with Gasteiger partial charge in [-0.25, -0.2) is 9.79 Å². The van der Waals surface area contributed by atoms with Gasteiger partial charge < -0.3 is 9.47 Å². The van der Waals surface area contributed by atoms with Crippen LogP contribution < -0.4 is 0 Å². The number of carbonyl (C=O) groups excluding carboxylic acids is 1. The number of carbonyl (C=O) groups is 1. The van der Waals surface area contributed by atoms with E-state index in [9.17, 15) is 4.79 Å². The Morgan fingerprint density at radius 1 is 0.909 bits per heavy atom. The number of aliphatic imine (C=N–C) groups is 1. The van der Waals surface area contributed by atoms with Crippen LogP contribution in [0.25, 0.3) is 21.5 Å². The molecule has 1 heterocycles. The molecule has 0 bridgehead atoms.